The van der Waals surface area contributed by atoms with Crippen LogP contribution in [0.25, 0.3) is 0 Å². The van der Waals surface area contributed by atoms with E-state index in [0.717, 1.165) is 12.8 Å². The van der Waals surface area contributed by atoms with Crippen molar-refractivity contribution < 1.29 is 13.2 Å². The highest BCUT2D eigenvalue weighted by atomic mass is 32.2. The molecule has 2 N–H and O–H groups in total. The lowest BCUT2D eigenvalue weighted by Crippen LogP contribution is -2.35. The highest BCUT2D eigenvalue weighted by molar-refractivity contribution is 7.91. The van der Waals surface area contributed by atoms with Crippen LogP contribution in [0.1, 0.15) is 12.8 Å². The van der Waals surface area contributed by atoms with Crippen molar-refractivity contribution in [1.82, 2.24) is 10.0 Å². The Bertz CT molecular complexity index is 478. The maximum atomic E-state index is 11.7. The summed E-state index contributed by atoms with van der Waals surface area (Å²) in [6, 6.07) is 3.24. The van der Waals surface area contributed by atoms with Crippen molar-refractivity contribution in [3.05, 3.63) is 17.5 Å². The molecule has 94 valence electrons. The van der Waals surface area contributed by atoms with Gasteiger partial charge in [-0.1, -0.05) is 6.07 Å². The first-order valence-electron chi connectivity index (χ1n) is 5.40. The number of hydrogen-bond donors (Lipinski definition) is 2. The number of rotatable bonds is 6. The summed E-state index contributed by atoms with van der Waals surface area (Å²) in [4.78, 5) is 11.3. The van der Waals surface area contributed by atoms with Gasteiger partial charge in [-0.3, -0.25) is 4.79 Å². The molecular formula is C10H14N2O3S2. The minimum Gasteiger partial charge on any atom is -0.355 e. The average Bonchev–Trinajstić information content (AvgIpc) is 2.99. The van der Waals surface area contributed by atoms with E-state index in [9.17, 15) is 13.2 Å². The predicted molar refractivity (Wildman–Crippen MR) is 65.2 cm³/mol. The first-order chi connectivity index (χ1) is 8.09. The second-order valence-electron chi connectivity index (χ2n) is 3.90. The molecule has 1 fully saturated rings. The fraction of sp³-hybridized carbons (Fsp3) is 0.500. The Labute approximate surface area is 104 Å². The highest BCUT2D eigenvalue weighted by Gasteiger charge is 2.29. The van der Waals surface area contributed by atoms with Crippen LogP contribution in [-0.2, 0) is 14.8 Å². The van der Waals surface area contributed by atoms with Crippen LogP contribution in [0.4, 0.5) is 0 Å². The fourth-order valence-corrected chi connectivity index (χ4v) is 3.42. The third-order valence-electron chi connectivity index (χ3n) is 2.42. The smallest absolute Gasteiger partial charge is 0.250 e. The molecule has 0 bridgehead atoms. The van der Waals surface area contributed by atoms with E-state index in [0.29, 0.717) is 10.8 Å². The van der Waals surface area contributed by atoms with Crippen molar-refractivity contribution in [2.24, 2.45) is 5.92 Å². The molecule has 7 heteroatoms. The molecule has 1 aliphatic rings. The Kier molecular flexibility index (Phi) is 3.80. The molecule has 0 radical (unpaired) electrons. The van der Waals surface area contributed by atoms with Crippen molar-refractivity contribution in [2.45, 2.75) is 17.1 Å². The van der Waals surface area contributed by atoms with Crippen LogP contribution in [0.15, 0.2) is 21.7 Å². The molecule has 0 atom stereocenters. The Morgan fingerprint density at radius 3 is 2.76 bits per heavy atom. The Balaban J connectivity index is 1.72. The van der Waals surface area contributed by atoms with Gasteiger partial charge in [-0.25, -0.2) is 13.1 Å². The van der Waals surface area contributed by atoms with E-state index < -0.39 is 10.0 Å². The van der Waals surface area contributed by atoms with Crippen LogP contribution in [0.5, 0.6) is 0 Å². The summed E-state index contributed by atoms with van der Waals surface area (Å²) >= 11 is 1.17. The molecule has 0 aromatic carbocycles. The minimum absolute atomic E-state index is 0.0281. The zero-order chi connectivity index (χ0) is 12.3. The molecule has 2 rings (SSSR count). The molecule has 0 unspecified atom stereocenters. The van der Waals surface area contributed by atoms with Gasteiger partial charge in [-0.2, -0.15) is 0 Å². The first kappa shape index (κ1) is 12.5. The lowest BCUT2D eigenvalue weighted by molar-refractivity contribution is -0.122. The van der Waals surface area contributed by atoms with Crippen LogP contribution >= 0.6 is 11.3 Å². The quantitative estimate of drug-likeness (QED) is 0.744. The maximum Gasteiger partial charge on any atom is 0.250 e. The van der Waals surface area contributed by atoms with Gasteiger partial charge in [0.2, 0.25) is 15.9 Å². The predicted octanol–water partition coefficient (Wildman–Crippen LogP) is 0.553. The van der Waals surface area contributed by atoms with E-state index >= 15 is 0 Å². The van der Waals surface area contributed by atoms with E-state index in [4.69, 9.17) is 0 Å². The van der Waals surface area contributed by atoms with Gasteiger partial charge in [0.15, 0.2) is 0 Å². The number of hydrogen-bond acceptors (Lipinski definition) is 4. The molecule has 0 spiro atoms. The molecule has 1 saturated carbocycles. The van der Waals surface area contributed by atoms with Gasteiger partial charge in [-0.15, -0.1) is 11.3 Å². The van der Waals surface area contributed by atoms with E-state index in [1.54, 1.807) is 17.5 Å². The van der Waals surface area contributed by atoms with Crippen LogP contribution in [0.3, 0.4) is 0 Å². The third-order valence-corrected chi connectivity index (χ3v) is 5.28. The molecule has 17 heavy (non-hydrogen) atoms. The number of carbonyl (C=O) groups excluding carboxylic acids is 1. The van der Waals surface area contributed by atoms with Gasteiger partial charge in [0.05, 0.1) is 0 Å². The summed E-state index contributed by atoms with van der Waals surface area (Å²) in [5.74, 6) is 0.184. The molecule has 1 aromatic heterocycles. The Morgan fingerprint density at radius 2 is 2.18 bits per heavy atom. The average molecular weight is 274 g/mol. The molecule has 1 amide bonds. The van der Waals surface area contributed by atoms with Crippen LogP contribution in [0, 0.1) is 5.92 Å². The van der Waals surface area contributed by atoms with E-state index in [1.165, 1.54) is 11.3 Å². The monoisotopic (exact) mass is 274 g/mol. The normalized spacial score (nSPS) is 15.8. The number of sulfonamides is 1. The molecule has 1 heterocycles. The number of carbonyl (C=O) groups is 1. The van der Waals surface area contributed by atoms with Crippen LogP contribution < -0.4 is 10.0 Å². The molecule has 1 aromatic rings. The first-order valence-corrected chi connectivity index (χ1v) is 7.77. The molecule has 1 aliphatic carbocycles. The lowest BCUT2D eigenvalue weighted by atomic mass is 10.4. The largest absolute Gasteiger partial charge is 0.355 e. The zero-order valence-corrected chi connectivity index (χ0v) is 10.8. The van der Waals surface area contributed by atoms with Gasteiger partial charge >= 0.3 is 0 Å². The maximum absolute atomic E-state index is 11.7. The van der Waals surface area contributed by atoms with Crippen LogP contribution in [0.2, 0.25) is 0 Å². The van der Waals surface area contributed by atoms with Gasteiger partial charge in [0.1, 0.15) is 4.21 Å². The summed E-state index contributed by atoms with van der Waals surface area (Å²) in [6.07, 6.45) is 1.90. The van der Waals surface area contributed by atoms with Crippen molar-refractivity contribution in [1.29, 1.82) is 0 Å². The molecule has 0 saturated heterocycles. The third kappa shape index (κ3) is 3.52. The summed E-state index contributed by atoms with van der Waals surface area (Å²) in [7, 11) is -3.40. The summed E-state index contributed by atoms with van der Waals surface area (Å²) in [6.45, 7) is 0.554. The minimum atomic E-state index is -3.40. The standard InChI is InChI=1S/C10H14N2O3S2/c13-10(8-3-4-8)11-5-6-12-17(14,15)9-2-1-7-16-9/h1-2,7-8,12H,3-6H2,(H,11,13). The number of thiophene rings is 1. The van der Waals surface area contributed by atoms with Crippen molar-refractivity contribution >= 4 is 27.3 Å². The van der Waals surface area contributed by atoms with E-state index in [-0.39, 0.29) is 18.4 Å². The second-order valence-corrected chi connectivity index (χ2v) is 6.84. The van der Waals surface area contributed by atoms with E-state index in [2.05, 4.69) is 10.0 Å². The molecular weight excluding hydrogens is 260 g/mol. The second kappa shape index (κ2) is 5.16. The summed E-state index contributed by atoms with van der Waals surface area (Å²) < 4.78 is 26.1. The van der Waals surface area contributed by atoms with Crippen molar-refractivity contribution in [3.8, 4) is 0 Å². The van der Waals surface area contributed by atoms with Crippen molar-refractivity contribution in [3.63, 3.8) is 0 Å². The zero-order valence-electron chi connectivity index (χ0n) is 9.18. The van der Waals surface area contributed by atoms with Gasteiger partial charge < -0.3 is 5.32 Å². The molecule has 0 aliphatic heterocycles. The summed E-state index contributed by atoms with van der Waals surface area (Å²) in [5, 5.41) is 4.41. The lowest BCUT2D eigenvalue weighted by Gasteiger charge is -2.06. The SMILES string of the molecule is O=C(NCCNS(=O)(=O)c1cccs1)C1CC1. The van der Waals surface area contributed by atoms with Gasteiger partial charge in [0.25, 0.3) is 0 Å². The Hall–Kier alpha value is -0.920. The topological polar surface area (TPSA) is 75.3 Å². The van der Waals surface area contributed by atoms with Gasteiger partial charge in [-0.05, 0) is 24.3 Å². The molecule has 5 nitrogen and oxygen atoms in total. The number of nitrogens with one attached hydrogen (secondary N) is 2. The Morgan fingerprint density at radius 1 is 1.41 bits per heavy atom. The fourth-order valence-electron chi connectivity index (χ4n) is 1.35. The van der Waals surface area contributed by atoms with Gasteiger partial charge in [0, 0.05) is 19.0 Å². The van der Waals surface area contributed by atoms with Crippen molar-refractivity contribution in [2.75, 3.05) is 13.1 Å². The summed E-state index contributed by atoms with van der Waals surface area (Å²) in [5.41, 5.74) is 0. The van der Waals surface area contributed by atoms with E-state index in [1.807, 2.05) is 0 Å². The number of amides is 1. The van der Waals surface area contributed by atoms with Crippen LogP contribution in [-0.4, -0.2) is 27.4 Å². The highest BCUT2D eigenvalue weighted by Crippen LogP contribution is 2.28.